The maximum Gasteiger partial charge on any atom is 0.148 e. The molecule has 4 nitrogen and oxygen atoms in total. The molecule has 0 unspecified atom stereocenters. The lowest BCUT2D eigenvalue weighted by molar-refractivity contribution is 0.669. The number of furan rings is 1. The molecule has 0 radical (unpaired) electrons. The fourth-order valence-electron chi connectivity index (χ4n) is 5.34. The van der Waals surface area contributed by atoms with Gasteiger partial charge < -0.3 is 4.42 Å². The first-order valence-corrected chi connectivity index (χ1v) is 11.4. The number of benzene rings is 4. The summed E-state index contributed by atoms with van der Waals surface area (Å²) >= 11 is 0. The molecule has 0 amide bonds. The highest BCUT2D eigenvalue weighted by molar-refractivity contribution is 6.19. The van der Waals surface area contributed by atoms with E-state index in [4.69, 9.17) is 14.4 Å². The summed E-state index contributed by atoms with van der Waals surface area (Å²) in [6.45, 7) is 0. The second-order valence-electron chi connectivity index (χ2n) is 8.67. The molecule has 0 aliphatic carbocycles. The Morgan fingerprint density at radius 2 is 1.44 bits per heavy atom. The van der Waals surface area contributed by atoms with Gasteiger partial charge in [-0.3, -0.25) is 9.88 Å². The lowest BCUT2D eigenvalue weighted by Crippen LogP contribution is -2.17. The Hall–Kier alpha value is -4.70. The van der Waals surface area contributed by atoms with Crippen LogP contribution in [0.2, 0.25) is 0 Å². The highest BCUT2D eigenvalue weighted by Crippen LogP contribution is 2.50. The van der Waals surface area contributed by atoms with E-state index in [-0.39, 0.29) is 0 Å². The molecule has 34 heavy (non-hydrogen) atoms. The van der Waals surface area contributed by atoms with Gasteiger partial charge in [0, 0.05) is 33.6 Å². The Bertz CT molecular complexity index is 1940. The minimum absolute atomic E-state index is 0.883. The summed E-state index contributed by atoms with van der Waals surface area (Å²) in [6.07, 6.45) is 1.91. The third-order valence-electron chi connectivity index (χ3n) is 6.83. The Balaban J connectivity index is 1.51. The van der Waals surface area contributed by atoms with Crippen LogP contribution in [0.1, 0.15) is 0 Å². The standard InChI is InChI=1S/C30H17N3O/c1-4-10-24-19(7-1)21-15-16-31-29-22-9-2-5-11-25(22)33(30(32-24)28(21)29)18-13-14-27-23(17-18)20-8-3-6-12-26(20)34-27/h1-17H. The summed E-state index contributed by atoms with van der Waals surface area (Å²) in [4.78, 5) is 12.3. The zero-order chi connectivity index (χ0) is 22.2. The van der Waals surface area contributed by atoms with E-state index in [2.05, 4.69) is 83.8 Å². The number of aromatic nitrogens is 2. The lowest BCUT2D eigenvalue weighted by atomic mass is 9.95. The molecule has 0 saturated carbocycles. The molecular weight excluding hydrogens is 418 g/mol. The van der Waals surface area contributed by atoms with E-state index in [1.165, 1.54) is 5.39 Å². The van der Waals surface area contributed by atoms with Crippen molar-refractivity contribution in [3.05, 3.63) is 103 Å². The van der Waals surface area contributed by atoms with Crippen LogP contribution in [-0.4, -0.2) is 9.97 Å². The SMILES string of the molecule is c1ccc2c(c1)-c1nccc3c1c(nc1ccccc13)N2c1ccc2oc3ccccc3c2c1. The van der Waals surface area contributed by atoms with Crippen LogP contribution in [-0.2, 0) is 0 Å². The first-order chi connectivity index (χ1) is 16.9. The van der Waals surface area contributed by atoms with Gasteiger partial charge in [0.25, 0.3) is 0 Å². The summed E-state index contributed by atoms with van der Waals surface area (Å²) in [5.41, 5.74) is 6.96. The summed E-state index contributed by atoms with van der Waals surface area (Å²) in [6, 6.07) is 33.4. The van der Waals surface area contributed by atoms with Gasteiger partial charge in [-0.25, -0.2) is 4.98 Å². The quantitative estimate of drug-likeness (QED) is 0.244. The van der Waals surface area contributed by atoms with Gasteiger partial charge in [-0.2, -0.15) is 0 Å². The zero-order valence-electron chi connectivity index (χ0n) is 18.1. The molecule has 3 aromatic heterocycles. The highest BCUT2D eigenvalue weighted by Gasteiger charge is 2.29. The van der Waals surface area contributed by atoms with Crippen molar-refractivity contribution in [3.63, 3.8) is 0 Å². The van der Waals surface area contributed by atoms with Crippen LogP contribution < -0.4 is 4.90 Å². The normalized spacial score (nSPS) is 12.6. The fourth-order valence-corrected chi connectivity index (χ4v) is 5.34. The maximum atomic E-state index is 6.09. The number of rotatable bonds is 1. The van der Waals surface area contributed by atoms with Gasteiger partial charge in [-0.15, -0.1) is 0 Å². The van der Waals surface area contributed by atoms with E-state index in [0.717, 1.165) is 66.7 Å². The van der Waals surface area contributed by atoms with Crippen LogP contribution >= 0.6 is 0 Å². The molecule has 4 aromatic carbocycles. The van der Waals surface area contributed by atoms with Crippen molar-refractivity contribution in [2.45, 2.75) is 0 Å². The topological polar surface area (TPSA) is 42.2 Å². The molecule has 158 valence electrons. The molecule has 0 fully saturated rings. The van der Waals surface area contributed by atoms with Crippen molar-refractivity contribution in [1.82, 2.24) is 9.97 Å². The van der Waals surface area contributed by atoms with Crippen LogP contribution in [0.4, 0.5) is 17.2 Å². The van der Waals surface area contributed by atoms with Crippen LogP contribution in [0.25, 0.3) is 54.9 Å². The Morgan fingerprint density at radius 1 is 0.647 bits per heavy atom. The molecule has 0 N–H and O–H groups in total. The van der Waals surface area contributed by atoms with Gasteiger partial charge in [-0.05, 0) is 47.9 Å². The summed E-state index contributed by atoms with van der Waals surface area (Å²) in [5.74, 6) is 0.905. The van der Waals surface area contributed by atoms with Crippen LogP contribution in [0.15, 0.2) is 108 Å². The van der Waals surface area contributed by atoms with E-state index in [9.17, 15) is 0 Å². The van der Waals surface area contributed by atoms with E-state index in [0.29, 0.717) is 0 Å². The van der Waals surface area contributed by atoms with Crippen LogP contribution in [0.5, 0.6) is 0 Å². The molecule has 0 saturated heterocycles. The van der Waals surface area contributed by atoms with E-state index in [1.54, 1.807) is 0 Å². The summed E-state index contributed by atoms with van der Waals surface area (Å²) in [5, 5.41) is 5.60. The average molecular weight is 435 g/mol. The summed E-state index contributed by atoms with van der Waals surface area (Å²) < 4.78 is 6.09. The fraction of sp³-hybridized carbons (Fsp3) is 0. The van der Waals surface area contributed by atoms with Gasteiger partial charge in [0.15, 0.2) is 0 Å². The van der Waals surface area contributed by atoms with Gasteiger partial charge in [-0.1, -0.05) is 54.6 Å². The number of hydrogen-bond acceptors (Lipinski definition) is 4. The zero-order valence-corrected chi connectivity index (χ0v) is 18.1. The smallest absolute Gasteiger partial charge is 0.148 e. The largest absolute Gasteiger partial charge is 0.456 e. The molecule has 8 rings (SSSR count). The van der Waals surface area contributed by atoms with Crippen molar-refractivity contribution in [2.75, 3.05) is 4.90 Å². The number of anilines is 3. The van der Waals surface area contributed by atoms with Crippen molar-refractivity contribution < 1.29 is 4.42 Å². The van der Waals surface area contributed by atoms with Gasteiger partial charge >= 0.3 is 0 Å². The van der Waals surface area contributed by atoms with E-state index < -0.39 is 0 Å². The number of hydrogen-bond donors (Lipinski definition) is 0. The van der Waals surface area contributed by atoms with Gasteiger partial charge in [0.1, 0.15) is 17.0 Å². The van der Waals surface area contributed by atoms with Crippen molar-refractivity contribution in [1.29, 1.82) is 0 Å². The first kappa shape index (κ1) is 17.8. The summed E-state index contributed by atoms with van der Waals surface area (Å²) in [7, 11) is 0. The number of pyridine rings is 2. The molecule has 4 heterocycles. The second-order valence-corrected chi connectivity index (χ2v) is 8.67. The van der Waals surface area contributed by atoms with Crippen molar-refractivity contribution in [2.24, 2.45) is 0 Å². The monoisotopic (exact) mass is 435 g/mol. The molecule has 4 heteroatoms. The minimum Gasteiger partial charge on any atom is -0.456 e. The average Bonchev–Trinajstić information content (AvgIpc) is 3.27. The third kappa shape index (κ3) is 2.27. The molecule has 0 spiro atoms. The Morgan fingerprint density at radius 3 is 2.41 bits per heavy atom. The second kappa shape index (κ2) is 6.42. The van der Waals surface area contributed by atoms with E-state index in [1.807, 2.05) is 24.4 Å². The maximum absolute atomic E-state index is 6.09. The highest BCUT2D eigenvalue weighted by atomic mass is 16.3. The van der Waals surface area contributed by atoms with E-state index >= 15 is 0 Å². The number of para-hydroxylation sites is 3. The van der Waals surface area contributed by atoms with Crippen LogP contribution in [0.3, 0.4) is 0 Å². The molecule has 0 bridgehead atoms. The third-order valence-corrected chi connectivity index (χ3v) is 6.83. The molecule has 7 aromatic rings. The van der Waals surface area contributed by atoms with Gasteiger partial charge in [0.05, 0.1) is 22.3 Å². The van der Waals surface area contributed by atoms with Crippen molar-refractivity contribution in [3.8, 4) is 11.3 Å². The minimum atomic E-state index is 0.883. The molecular formula is C30H17N3O. The van der Waals surface area contributed by atoms with Crippen molar-refractivity contribution >= 4 is 60.8 Å². The predicted molar refractivity (Wildman–Crippen MR) is 138 cm³/mol. The Kier molecular flexibility index (Phi) is 3.36. The predicted octanol–water partition coefficient (Wildman–Crippen LogP) is 8.13. The van der Waals surface area contributed by atoms with Gasteiger partial charge in [0.2, 0.25) is 0 Å². The lowest BCUT2D eigenvalue weighted by Gasteiger charge is -2.32. The first-order valence-electron chi connectivity index (χ1n) is 11.4. The molecule has 0 atom stereocenters. The van der Waals surface area contributed by atoms with Crippen LogP contribution in [0, 0.1) is 0 Å². The molecule has 1 aliphatic rings. The number of fused-ring (bicyclic) bond motifs is 7. The molecule has 1 aliphatic heterocycles. The Labute approximate surface area is 194 Å². The number of nitrogens with zero attached hydrogens (tertiary/aromatic N) is 3.